The molecule has 0 saturated carbocycles. The molecule has 3 nitrogen and oxygen atoms in total. The van der Waals surface area contributed by atoms with Crippen molar-refractivity contribution >= 4 is 5.91 Å². The Bertz CT molecular complexity index is 296. The summed E-state index contributed by atoms with van der Waals surface area (Å²) < 4.78 is 0. The van der Waals surface area contributed by atoms with Crippen molar-refractivity contribution in [3.8, 4) is 0 Å². The minimum Gasteiger partial charge on any atom is -0.335 e. The molecule has 0 aromatic carbocycles. The monoisotopic (exact) mass is 206 g/mol. The van der Waals surface area contributed by atoms with Crippen molar-refractivity contribution in [2.75, 3.05) is 19.6 Å². The van der Waals surface area contributed by atoms with Crippen molar-refractivity contribution in [3.05, 3.63) is 24.3 Å². The van der Waals surface area contributed by atoms with E-state index in [1.54, 1.807) is 6.08 Å². The lowest BCUT2D eigenvalue weighted by atomic mass is 10.1. The number of likely N-dealkylation sites (tertiary alicyclic amines) is 1. The van der Waals surface area contributed by atoms with Gasteiger partial charge in [0.1, 0.15) is 0 Å². The molecule has 3 heteroatoms. The van der Waals surface area contributed by atoms with E-state index in [1.807, 2.05) is 30.1 Å². The van der Waals surface area contributed by atoms with Crippen LogP contribution in [0.25, 0.3) is 0 Å². The van der Waals surface area contributed by atoms with Crippen LogP contribution in [0.4, 0.5) is 0 Å². The molecular formula is C12H18N2O. The fourth-order valence-electron chi connectivity index (χ4n) is 2.47. The Balaban J connectivity index is 1.96. The predicted octanol–water partition coefficient (Wildman–Crippen LogP) is 0.939. The number of nitrogens with zero attached hydrogens (tertiary/aromatic N) is 1. The summed E-state index contributed by atoms with van der Waals surface area (Å²) in [6.07, 6.45) is 8.45. The Kier molecular flexibility index (Phi) is 3.21. The second kappa shape index (κ2) is 4.62. The fourth-order valence-corrected chi connectivity index (χ4v) is 2.47. The average molecular weight is 206 g/mol. The topological polar surface area (TPSA) is 32.3 Å². The van der Waals surface area contributed by atoms with Gasteiger partial charge < -0.3 is 10.2 Å². The van der Waals surface area contributed by atoms with Gasteiger partial charge in [0.2, 0.25) is 5.91 Å². The van der Waals surface area contributed by atoms with E-state index in [-0.39, 0.29) is 5.91 Å². The second-order valence-corrected chi connectivity index (χ2v) is 4.19. The number of hydrogen-bond acceptors (Lipinski definition) is 2. The van der Waals surface area contributed by atoms with E-state index in [1.165, 1.54) is 0 Å². The summed E-state index contributed by atoms with van der Waals surface area (Å²) in [6.45, 7) is 4.92. The van der Waals surface area contributed by atoms with Crippen molar-refractivity contribution < 1.29 is 4.79 Å². The minimum absolute atomic E-state index is 0.157. The molecule has 1 amide bonds. The number of carbonyl (C=O) groups is 1. The molecule has 82 valence electrons. The molecule has 1 N–H and O–H groups in total. The smallest absolute Gasteiger partial charge is 0.246 e. The zero-order valence-electron chi connectivity index (χ0n) is 9.15. The van der Waals surface area contributed by atoms with Gasteiger partial charge in [0, 0.05) is 31.8 Å². The van der Waals surface area contributed by atoms with Gasteiger partial charge in [-0.25, -0.2) is 0 Å². The summed E-state index contributed by atoms with van der Waals surface area (Å²) in [7, 11) is 0. The number of fused-ring (bicyclic) bond motifs is 1. The number of nitrogens with one attached hydrogen (secondary N) is 1. The molecule has 15 heavy (non-hydrogen) atoms. The van der Waals surface area contributed by atoms with E-state index in [0.717, 1.165) is 26.1 Å². The van der Waals surface area contributed by atoms with E-state index in [2.05, 4.69) is 5.32 Å². The van der Waals surface area contributed by atoms with E-state index < -0.39 is 0 Å². The highest BCUT2D eigenvalue weighted by atomic mass is 16.2. The molecule has 0 spiro atoms. The van der Waals surface area contributed by atoms with Gasteiger partial charge in [0.05, 0.1) is 0 Å². The Morgan fingerprint density at radius 1 is 1.40 bits per heavy atom. The van der Waals surface area contributed by atoms with Crippen LogP contribution >= 0.6 is 0 Å². The van der Waals surface area contributed by atoms with Crippen LogP contribution in [0.5, 0.6) is 0 Å². The molecule has 2 fully saturated rings. The summed E-state index contributed by atoms with van der Waals surface area (Å²) in [4.78, 5) is 13.8. The first-order chi connectivity index (χ1) is 7.33. The summed E-state index contributed by atoms with van der Waals surface area (Å²) >= 11 is 0. The molecule has 2 rings (SSSR count). The molecular weight excluding hydrogens is 188 g/mol. The van der Waals surface area contributed by atoms with Gasteiger partial charge in [-0.2, -0.15) is 0 Å². The van der Waals surface area contributed by atoms with Crippen LogP contribution in [0.1, 0.15) is 13.3 Å². The highest BCUT2D eigenvalue weighted by Crippen LogP contribution is 2.27. The zero-order valence-corrected chi connectivity index (χ0v) is 9.15. The second-order valence-electron chi connectivity index (χ2n) is 4.19. The summed E-state index contributed by atoms with van der Waals surface area (Å²) in [5, 5.41) is 3.34. The first-order valence-corrected chi connectivity index (χ1v) is 5.63. The van der Waals surface area contributed by atoms with Gasteiger partial charge >= 0.3 is 0 Å². The molecule has 0 aromatic heterocycles. The number of rotatable bonds is 2. The Morgan fingerprint density at radius 2 is 2.27 bits per heavy atom. The lowest BCUT2D eigenvalue weighted by molar-refractivity contribution is -0.126. The van der Waals surface area contributed by atoms with Gasteiger partial charge in [-0.05, 0) is 19.3 Å². The number of allylic oxidation sites excluding steroid dienone is 3. The predicted molar refractivity (Wildman–Crippen MR) is 60.4 cm³/mol. The normalized spacial score (nSPS) is 30.6. The fraction of sp³-hybridized carbons (Fsp3) is 0.583. The Labute approximate surface area is 90.8 Å². The lowest BCUT2D eigenvalue weighted by Crippen LogP contribution is -2.38. The Morgan fingerprint density at radius 3 is 3.07 bits per heavy atom. The summed E-state index contributed by atoms with van der Waals surface area (Å²) in [6, 6.07) is 0.438. The highest BCUT2D eigenvalue weighted by molar-refractivity contribution is 5.88. The molecule has 0 bridgehead atoms. The third kappa shape index (κ3) is 2.12. The quantitative estimate of drug-likeness (QED) is 0.538. The third-order valence-electron chi connectivity index (χ3n) is 3.27. The molecule has 2 saturated heterocycles. The molecule has 2 atom stereocenters. The first kappa shape index (κ1) is 10.4. The van der Waals surface area contributed by atoms with Crippen molar-refractivity contribution in [2.24, 2.45) is 5.92 Å². The molecule has 2 aliphatic rings. The molecule has 2 heterocycles. The van der Waals surface area contributed by atoms with Gasteiger partial charge in [0.25, 0.3) is 0 Å². The summed E-state index contributed by atoms with van der Waals surface area (Å²) in [5.41, 5.74) is 0. The van der Waals surface area contributed by atoms with Crippen LogP contribution in [0, 0.1) is 5.92 Å². The van der Waals surface area contributed by atoms with Crippen molar-refractivity contribution in [2.45, 2.75) is 19.4 Å². The van der Waals surface area contributed by atoms with Crippen LogP contribution < -0.4 is 5.32 Å². The number of amides is 1. The summed E-state index contributed by atoms with van der Waals surface area (Å²) in [5.74, 6) is 0.841. The number of hydrogen-bond donors (Lipinski definition) is 1. The maximum Gasteiger partial charge on any atom is 0.246 e. The first-order valence-electron chi connectivity index (χ1n) is 5.63. The van der Waals surface area contributed by atoms with Gasteiger partial charge in [-0.15, -0.1) is 0 Å². The van der Waals surface area contributed by atoms with E-state index in [0.29, 0.717) is 12.0 Å². The number of carbonyl (C=O) groups excluding carboxylic acids is 1. The van der Waals surface area contributed by atoms with Gasteiger partial charge in [-0.1, -0.05) is 18.2 Å². The molecule has 0 radical (unpaired) electrons. The van der Waals surface area contributed by atoms with Crippen LogP contribution in [-0.4, -0.2) is 36.5 Å². The Hall–Kier alpha value is -1.09. The van der Waals surface area contributed by atoms with Gasteiger partial charge in [-0.3, -0.25) is 4.79 Å². The zero-order chi connectivity index (χ0) is 10.7. The van der Waals surface area contributed by atoms with Crippen molar-refractivity contribution in [3.63, 3.8) is 0 Å². The molecule has 0 aliphatic carbocycles. The standard InChI is InChI=1S/C12H18N2O/c1-2-3-4-5-12(15)14-7-6-10-8-13-9-11(10)14/h2-5,10-11,13H,6-9H2,1H3/b3-2+,5-4+. The molecule has 0 aromatic rings. The lowest BCUT2D eigenvalue weighted by Gasteiger charge is -2.21. The van der Waals surface area contributed by atoms with Crippen LogP contribution in [0.3, 0.4) is 0 Å². The van der Waals surface area contributed by atoms with Crippen LogP contribution in [0.15, 0.2) is 24.3 Å². The van der Waals surface area contributed by atoms with E-state index >= 15 is 0 Å². The largest absolute Gasteiger partial charge is 0.335 e. The average Bonchev–Trinajstić information content (AvgIpc) is 2.78. The minimum atomic E-state index is 0.157. The third-order valence-corrected chi connectivity index (χ3v) is 3.27. The molecule has 2 aliphatic heterocycles. The van der Waals surface area contributed by atoms with E-state index in [9.17, 15) is 4.79 Å². The molecule has 2 unspecified atom stereocenters. The van der Waals surface area contributed by atoms with Crippen molar-refractivity contribution in [1.82, 2.24) is 10.2 Å². The van der Waals surface area contributed by atoms with Crippen molar-refractivity contribution in [1.29, 1.82) is 0 Å². The van der Waals surface area contributed by atoms with Crippen LogP contribution in [0.2, 0.25) is 0 Å². The highest BCUT2D eigenvalue weighted by Gasteiger charge is 2.38. The van der Waals surface area contributed by atoms with Crippen LogP contribution in [-0.2, 0) is 4.79 Å². The van der Waals surface area contributed by atoms with Gasteiger partial charge in [0.15, 0.2) is 0 Å². The van der Waals surface area contributed by atoms with E-state index in [4.69, 9.17) is 0 Å². The maximum atomic E-state index is 11.8. The SMILES string of the molecule is C/C=C/C=C/C(=O)N1CCC2CNCC21. The maximum absolute atomic E-state index is 11.8.